The summed E-state index contributed by atoms with van der Waals surface area (Å²) < 4.78 is 6.00. The highest BCUT2D eigenvalue weighted by molar-refractivity contribution is 14.0. The smallest absolute Gasteiger partial charge is 0.227 e. The third kappa shape index (κ3) is 6.35. The molecular formula is C24H31IN4O2. The molecule has 31 heavy (non-hydrogen) atoms. The van der Waals surface area contributed by atoms with Crippen LogP contribution in [0, 0.1) is 5.92 Å². The van der Waals surface area contributed by atoms with Gasteiger partial charge in [-0.1, -0.05) is 36.8 Å². The lowest BCUT2D eigenvalue weighted by Gasteiger charge is -2.24. The quantitative estimate of drug-likeness (QED) is 0.284. The molecular weight excluding hydrogens is 503 g/mol. The summed E-state index contributed by atoms with van der Waals surface area (Å²) in [4.78, 5) is 16.9. The molecule has 1 atom stereocenters. The molecule has 3 N–H and O–H groups in total. The van der Waals surface area contributed by atoms with Crippen molar-refractivity contribution in [3.8, 4) is 5.75 Å². The maximum Gasteiger partial charge on any atom is 0.227 e. The van der Waals surface area contributed by atoms with Crippen LogP contribution >= 0.6 is 24.0 Å². The Bertz CT molecular complexity index is 889. The lowest BCUT2D eigenvalue weighted by molar-refractivity contribution is -0.122. The minimum atomic E-state index is 0. The number of ether oxygens (including phenoxy) is 1. The van der Waals surface area contributed by atoms with Crippen LogP contribution in [0.5, 0.6) is 5.75 Å². The van der Waals surface area contributed by atoms with Crippen LogP contribution in [0.15, 0.2) is 53.5 Å². The number of guanidine groups is 1. The zero-order valence-electron chi connectivity index (χ0n) is 17.9. The highest BCUT2D eigenvalue weighted by Gasteiger charge is 2.25. The Morgan fingerprint density at radius 1 is 1.13 bits per heavy atom. The Morgan fingerprint density at radius 2 is 1.97 bits per heavy atom. The van der Waals surface area contributed by atoms with E-state index in [4.69, 9.17) is 9.73 Å². The summed E-state index contributed by atoms with van der Waals surface area (Å²) in [5.74, 6) is 2.06. The molecule has 2 aromatic carbocycles. The zero-order valence-corrected chi connectivity index (χ0v) is 20.2. The van der Waals surface area contributed by atoms with Gasteiger partial charge in [-0.05, 0) is 49.1 Å². The van der Waals surface area contributed by atoms with Gasteiger partial charge in [-0.15, -0.1) is 24.0 Å². The van der Waals surface area contributed by atoms with E-state index in [1.165, 1.54) is 5.56 Å². The fourth-order valence-electron chi connectivity index (χ4n) is 3.75. The Morgan fingerprint density at radius 3 is 2.71 bits per heavy atom. The van der Waals surface area contributed by atoms with Gasteiger partial charge in [0.05, 0.1) is 13.1 Å². The number of halogens is 1. The van der Waals surface area contributed by atoms with Crippen LogP contribution in [0.1, 0.15) is 37.3 Å². The molecule has 6 nitrogen and oxygen atoms in total. The van der Waals surface area contributed by atoms with Gasteiger partial charge < -0.3 is 20.7 Å². The SMILES string of the molecule is CCNC(=NCc1cccc(NC(=O)C2CCC2)c1)NCC1Cc2ccccc2O1.I. The number of anilines is 1. The number of carbonyl (C=O) groups excluding carboxylic acids is 1. The second-order valence-electron chi connectivity index (χ2n) is 7.95. The molecule has 0 aromatic heterocycles. The van der Waals surface area contributed by atoms with Crippen molar-refractivity contribution in [2.75, 3.05) is 18.4 Å². The van der Waals surface area contributed by atoms with Gasteiger partial charge in [0.2, 0.25) is 5.91 Å². The summed E-state index contributed by atoms with van der Waals surface area (Å²) in [5.41, 5.74) is 3.16. The summed E-state index contributed by atoms with van der Waals surface area (Å²) >= 11 is 0. The number of amides is 1. The van der Waals surface area contributed by atoms with Crippen molar-refractivity contribution in [1.29, 1.82) is 0 Å². The van der Waals surface area contributed by atoms with E-state index < -0.39 is 0 Å². The van der Waals surface area contributed by atoms with Gasteiger partial charge in [-0.3, -0.25) is 4.79 Å². The van der Waals surface area contributed by atoms with Gasteiger partial charge in [0.1, 0.15) is 11.9 Å². The molecule has 0 bridgehead atoms. The summed E-state index contributed by atoms with van der Waals surface area (Å²) in [7, 11) is 0. The monoisotopic (exact) mass is 534 g/mol. The van der Waals surface area contributed by atoms with Crippen LogP contribution in [0.25, 0.3) is 0 Å². The second kappa shape index (κ2) is 11.4. The van der Waals surface area contributed by atoms with Gasteiger partial charge in [-0.2, -0.15) is 0 Å². The molecule has 1 aliphatic heterocycles. The maximum absolute atomic E-state index is 12.2. The molecule has 1 heterocycles. The Hall–Kier alpha value is -2.29. The normalized spacial score (nSPS) is 17.6. The standard InChI is InChI=1S/C24H30N4O2.HI/c1-2-25-24(27-16-21-14-19-8-3-4-12-22(19)30-21)26-15-17-7-5-11-20(13-17)28-23(29)18-9-6-10-18;/h3-5,7-8,11-13,18,21H,2,6,9-10,14-16H2,1H3,(H,28,29)(H2,25,26,27);1H. The van der Waals surface area contributed by atoms with Gasteiger partial charge >= 0.3 is 0 Å². The number of nitrogens with one attached hydrogen (secondary N) is 3. The molecule has 1 unspecified atom stereocenters. The molecule has 1 aliphatic carbocycles. The first-order valence-corrected chi connectivity index (χ1v) is 10.9. The molecule has 0 radical (unpaired) electrons. The Labute approximate surface area is 201 Å². The van der Waals surface area contributed by atoms with E-state index in [1.54, 1.807) is 0 Å². The van der Waals surface area contributed by atoms with E-state index in [-0.39, 0.29) is 41.9 Å². The highest BCUT2D eigenvalue weighted by atomic mass is 127. The summed E-state index contributed by atoms with van der Waals surface area (Å²) in [6.45, 7) is 4.07. The molecule has 2 aromatic rings. The number of rotatable bonds is 7. The van der Waals surface area contributed by atoms with Crippen LogP contribution in [0.2, 0.25) is 0 Å². The lowest BCUT2D eigenvalue weighted by atomic mass is 9.85. The molecule has 166 valence electrons. The van der Waals surface area contributed by atoms with Crippen molar-refractivity contribution in [3.05, 3.63) is 59.7 Å². The number of hydrogen-bond donors (Lipinski definition) is 3. The van der Waals surface area contributed by atoms with Gasteiger partial charge in [-0.25, -0.2) is 4.99 Å². The lowest BCUT2D eigenvalue weighted by Crippen LogP contribution is -2.42. The Balaban J connectivity index is 0.00000272. The number of carbonyl (C=O) groups is 1. The molecule has 2 aliphatic rings. The molecule has 0 saturated heterocycles. The minimum absolute atomic E-state index is 0. The van der Waals surface area contributed by atoms with Crippen LogP contribution in [0.3, 0.4) is 0 Å². The highest BCUT2D eigenvalue weighted by Crippen LogP contribution is 2.28. The summed E-state index contributed by atoms with van der Waals surface area (Å²) in [6, 6.07) is 16.1. The van der Waals surface area contributed by atoms with Gasteiger partial charge in [0, 0.05) is 24.6 Å². The number of nitrogens with zero attached hydrogens (tertiary/aromatic N) is 1. The minimum Gasteiger partial charge on any atom is -0.488 e. The van der Waals surface area contributed by atoms with E-state index in [0.29, 0.717) is 13.1 Å². The van der Waals surface area contributed by atoms with Crippen LogP contribution in [-0.2, 0) is 17.8 Å². The average molecular weight is 534 g/mol. The van der Waals surface area contributed by atoms with Crippen LogP contribution in [0.4, 0.5) is 5.69 Å². The summed E-state index contributed by atoms with van der Waals surface area (Å²) in [5, 5.41) is 9.71. The zero-order chi connectivity index (χ0) is 20.8. The largest absolute Gasteiger partial charge is 0.488 e. The first-order valence-electron chi connectivity index (χ1n) is 10.9. The van der Waals surface area contributed by atoms with Gasteiger partial charge in [0.15, 0.2) is 5.96 Å². The van der Waals surface area contributed by atoms with E-state index >= 15 is 0 Å². The van der Waals surface area contributed by atoms with Gasteiger partial charge in [0.25, 0.3) is 0 Å². The molecule has 7 heteroatoms. The van der Waals surface area contributed by atoms with E-state index in [1.807, 2.05) is 42.5 Å². The van der Waals surface area contributed by atoms with Crippen molar-refractivity contribution >= 4 is 41.5 Å². The number of benzene rings is 2. The van der Waals surface area contributed by atoms with E-state index in [9.17, 15) is 4.79 Å². The second-order valence-corrected chi connectivity index (χ2v) is 7.95. The molecule has 1 saturated carbocycles. The predicted molar refractivity (Wildman–Crippen MR) is 135 cm³/mol. The van der Waals surface area contributed by atoms with Crippen molar-refractivity contribution in [1.82, 2.24) is 10.6 Å². The van der Waals surface area contributed by atoms with E-state index in [2.05, 4.69) is 28.9 Å². The van der Waals surface area contributed by atoms with Crippen LogP contribution in [-0.4, -0.2) is 31.1 Å². The van der Waals surface area contributed by atoms with Crippen molar-refractivity contribution in [3.63, 3.8) is 0 Å². The number of hydrogen-bond acceptors (Lipinski definition) is 3. The fourth-order valence-corrected chi connectivity index (χ4v) is 3.75. The first kappa shape index (κ1) is 23.4. The van der Waals surface area contributed by atoms with Crippen molar-refractivity contribution < 1.29 is 9.53 Å². The number of fused-ring (bicyclic) bond motifs is 1. The first-order chi connectivity index (χ1) is 14.7. The van der Waals surface area contributed by atoms with Crippen molar-refractivity contribution in [2.45, 2.75) is 45.3 Å². The predicted octanol–water partition coefficient (Wildman–Crippen LogP) is 4.10. The Kier molecular flexibility index (Phi) is 8.57. The third-order valence-electron chi connectivity index (χ3n) is 5.65. The summed E-state index contributed by atoms with van der Waals surface area (Å²) in [6.07, 6.45) is 4.18. The molecule has 1 fully saturated rings. The molecule has 1 amide bonds. The molecule has 4 rings (SSSR count). The van der Waals surface area contributed by atoms with Crippen molar-refractivity contribution in [2.24, 2.45) is 10.9 Å². The molecule has 0 spiro atoms. The fraction of sp³-hybridized carbons (Fsp3) is 0.417. The third-order valence-corrected chi connectivity index (χ3v) is 5.65. The van der Waals surface area contributed by atoms with E-state index in [0.717, 1.165) is 55.2 Å². The maximum atomic E-state index is 12.2. The average Bonchev–Trinajstić information content (AvgIpc) is 3.12. The van der Waals surface area contributed by atoms with Crippen LogP contribution < -0.4 is 20.7 Å². The topological polar surface area (TPSA) is 74.8 Å². The number of para-hydroxylation sites is 1. The number of aliphatic imine (C=N–C) groups is 1.